The van der Waals surface area contributed by atoms with Gasteiger partial charge in [0.1, 0.15) is 11.5 Å². The fourth-order valence-corrected chi connectivity index (χ4v) is 2.68. The van der Waals surface area contributed by atoms with Gasteiger partial charge in [0, 0.05) is 19.1 Å². The number of amides is 1. The molecule has 0 unspecified atom stereocenters. The SMILES string of the molecule is O=C(NC[C@H]1CCO[C@@H]1c1ccccc1)c1ccc(F)cn1. The van der Waals surface area contributed by atoms with Crippen molar-refractivity contribution in [2.75, 3.05) is 13.2 Å². The van der Waals surface area contributed by atoms with Crippen LogP contribution in [0, 0.1) is 11.7 Å². The van der Waals surface area contributed by atoms with Crippen molar-refractivity contribution in [2.24, 2.45) is 5.92 Å². The monoisotopic (exact) mass is 300 g/mol. The van der Waals surface area contributed by atoms with Gasteiger partial charge in [0.15, 0.2) is 0 Å². The van der Waals surface area contributed by atoms with E-state index in [2.05, 4.69) is 10.3 Å². The van der Waals surface area contributed by atoms with Crippen molar-refractivity contribution in [2.45, 2.75) is 12.5 Å². The number of halogens is 1. The summed E-state index contributed by atoms with van der Waals surface area (Å²) in [6.45, 7) is 1.20. The second-order valence-corrected chi connectivity index (χ2v) is 5.32. The minimum atomic E-state index is -0.454. The lowest BCUT2D eigenvalue weighted by molar-refractivity contribution is 0.0844. The summed E-state index contributed by atoms with van der Waals surface area (Å²) in [5, 5.41) is 2.86. The summed E-state index contributed by atoms with van der Waals surface area (Å²) in [7, 11) is 0. The van der Waals surface area contributed by atoms with E-state index in [0.29, 0.717) is 13.2 Å². The average Bonchev–Trinajstić information content (AvgIpc) is 3.02. The Hall–Kier alpha value is -2.27. The van der Waals surface area contributed by atoms with E-state index in [4.69, 9.17) is 4.74 Å². The largest absolute Gasteiger partial charge is 0.373 e. The van der Waals surface area contributed by atoms with Crippen molar-refractivity contribution in [3.63, 3.8) is 0 Å². The van der Waals surface area contributed by atoms with Crippen molar-refractivity contribution in [1.29, 1.82) is 0 Å². The number of benzene rings is 1. The zero-order chi connectivity index (χ0) is 15.4. The van der Waals surface area contributed by atoms with E-state index in [0.717, 1.165) is 18.2 Å². The molecule has 5 heteroatoms. The Morgan fingerprint density at radius 3 is 2.82 bits per heavy atom. The molecule has 3 rings (SSSR count). The maximum Gasteiger partial charge on any atom is 0.269 e. The molecule has 4 nitrogen and oxygen atoms in total. The molecule has 0 bridgehead atoms. The van der Waals surface area contributed by atoms with Gasteiger partial charge in [0.25, 0.3) is 5.91 Å². The van der Waals surface area contributed by atoms with Crippen LogP contribution in [0.15, 0.2) is 48.7 Å². The Bertz CT molecular complexity index is 631. The van der Waals surface area contributed by atoms with Gasteiger partial charge >= 0.3 is 0 Å². The van der Waals surface area contributed by atoms with E-state index in [1.165, 1.54) is 12.1 Å². The van der Waals surface area contributed by atoms with Crippen molar-refractivity contribution in [3.05, 3.63) is 65.7 Å². The second-order valence-electron chi connectivity index (χ2n) is 5.32. The first-order valence-corrected chi connectivity index (χ1v) is 7.30. The van der Waals surface area contributed by atoms with Gasteiger partial charge in [-0.2, -0.15) is 0 Å². The molecule has 1 aliphatic rings. The number of nitrogens with zero attached hydrogens (tertiary/aromatic N) is 1. The van der Waals surface area contributed by atoms with E-state index in [-0.39, 0.29) is 23.6 Å². The summed E-state index contributed by atoms with van der Waals surface area (Å²) in [5.41, 5.74) is 1.34. The van der Waals surface area contributed by atoms with Crippen LogP contribution in [0.1, 0.15) is 28.6 Å². The molecule has 2 aromatic rings. The Labute approximate surface area is 128 Å². The maximum atomic E-state index is 12.8. The van der Waals surface area contributed by atoms with E-state index in [1.54, 1.807) is 0 Å². The van der Waals surface area contributed by atoms with Crippen LogP contribution in [0.2, 0.25) is 0 Å². The lowest BCUT2D eigenvalue weighted by Crippen LogP contribution is -2.31. The minimum absolute atomic E-state index is 0.00248. The zero-order valence-corrected chi connectivity index (χ0v) is 12.0. The van der Waals surface area contributed by atoms with Crippen LogP contribution in [0.4, 0.5) is 4.39 Å². The Balaban J connectivity index is 1.61. The standard InChI is InChI=1S/C17H17FN2O2/c18-14-6-7-15(19-11-14)17(21)20-10-13-8-9-22-16(13)12-4-2-1-3-5-12/h1-7,11,13,16H,8-10H2,(H,20,21)/t13-,16-/m1/s1. The number of hydrogen-bond donors (Lipinski definition) is 1. The van der Waals surface area contributed by atoms with Crippen molar-refractivity contribution < 1.29 is 13.9 Å². The fourth-order valence-electron chi connectivity index (χ4n) is 2.68. The quantitative estimate of drug-likeness (QED) is 0.944. The first kappa shape index (κ1) is 14.7. The van der Waals surface area contributed by atoms with Crippen LogP contribution >= 0.6 is 0 Å². The molecule has 1 aromatic carbocycles. The molecule has 0 saturated carbocycles. The molecule has 2 heterocycles. The van der Waals surface area contributed by atoms with Crippen LogP contribution in [0.5, 0.6) is 0 Å². The number of ether oxygens (including phenoxy) is 1. The van der Waals surface area contributed by atoms with Crippen molar-refractivity contribution >= 4 is 5.91 Å². The predicted molar refractivity (Wildman–Crippen MR) is 79.8 cm³/mol. The van der Waals surface area contributed by atoms with Gasteiger partial charge in [-0.05, 0) is 24.1 Å². The Kier molecular flexibility index (Phi) is 4.44. The third-order valence-corrected chi connectivity index (χ3v) is 3.83. The number of carbonyl (C=O) groups excluding carboxylic acids is 1. The summed E-state index contributed by atoms with van der Waals surface area (Å²) in [6, 6.07) is 12.6. The lowest BCUT2D eigenvalue weighted by atomic mass is 9.95. The summed E-state index contributed by atoms with van der Waals surface area (Å²) < 4.78 is 18.6. The molecule has 1 aliphatic heterocycles. The van der Waals surface area contributed by atoms with E-state index >= 15 is 0 Å². The number of pyridine rings is 1. The number of carbonyl (C=O) groups is 1. The van der Waals surface area contributed by atoms with Gasteiger partial charge in [-0.1, -0.05) is 30.3 Å². The highest BCUT2D eigenvalue weighted by atomic mass is 19.1. The van der Waals surface area contributed by atoms with Gasteiger partial charge < -0.3 is 10.1 Å². The highest BCUT2D eigenvalue weighted by molar-refractivity contribution is 5.92. The van der Waals surface area contributed by atoms with Gasteiger partial charge in [0.05, 0.1) is 12.3 Å². The normalized spacial score (nSPS) is 20.8. The van der Waals surface area contributed by atoms with Gasteiger partial charge in [-0.15, -0.1) is 0 Å². The maximum absolute atomic E-state index is 12.8. The average molecular weight is 300 g/mol. The smallest absolute Gasteiger partial charge is 0.269 e. The number of hydrogen-bond acceptors (Lipinski definition) is 3. The number of nitrogens with one attached hydrogen (secondary N) is 1. The third-order valence-electron chi connectivity index (χ3n) is 3.83. The molecule has 1 N–H and O–H groups in total. The van der Waals surface area contributed by atoms with Crippen LogP contribution in [0.25, 0.3) is 0 Å². The molecular weight excluding hydrogens is 283 g/mol. The molecule has 0 radical (unpaired) electrons. The fraction of sp³-hybridized carbons (Fsp3) is 0.294. The summed E-state index contributed by atoms with van der Waals surface area (Å²) in [4.78, 5) is 15.8. The molecular formula is C17H17FN2O2. The predicted octanol–water partition coefficient (Wildman–Crippen LogP) is 2.73. The minimum Gasteiger partial charge on any atom is -0.373 e. The molecule has 22 heavy (non-hydrogen) atoms. The van der Waals surface area contributed by atoms with E-state index in [1.807, 2.05) is 30.3 Å². The zero-order valence-electron chi connectivity index (χ0n) is 12.0. The molecule has 114 valence electrons. The second kappa shape index (κ2) is 6.66. The summed E-state index contributed by atoms with van der Waals surface area (Å²) in [6.07, 6.45) is 1.94. The van der Waals surface area contributed by atoms with Gasteiger partial charge in [0.2, 0.25) is 0 Å². The topological polar surface area (TPSA) is 51.2 Å². The van der Waals surface area contributed by atoms with E-state index in [9.17, 15) is 9.18 Å². The van der Waals surface area contributed by atoms with Crippen LogP contribution < -0.4 is 5.32 Å². The van der Waals surface area contributed by atoms with Crippen LogP contribution in [-0.4, -0.2) is 24.0 Å². The Morgan fingerprint density at radius 2 is 2.09 bits per heavy atom. The number of aromatic nitrogens is 1. The molecule has 1 amide bonds. The van der Waals surface area contributed by atoms with Gasteiger partial charge in [-0.25, -0.2) is 9.37 Å². The van der Waals surface area contributed by atoms with E-state index < -0.39 is 5.82 Å². The van der Waals surface area contributed by atoms with Crippen LogP contribution in [0.3, 0.4) is 0 Å². The van der Waals surface area contributed by atoms with Crippen molar-refractivity contribution in [1.82, 2.24) is 10.3 Å². The molecule has 0 spiro atoms. The van der Waals surface area contributed by atoms with Gasteiger partial charge in [-0.3, -0.25) is 4.79 Å². The first-order chi connectivity index (χ1) is 10.7. The highest BCUT2D eigenvalue weighted by Gasteiger charge is 2.29. The lowest BCUT2D eigenvalue weighted by Gasteiger charge is -2.19. The molecule has 1 saturated heterocycles. The molecule has 1 aromatic heterocycles. The third kappa shape index (κ3) is 3.31. The highest BCUT2D eigenvalue weighted by Crippen LogP contribution is 2.33. The first-order valence-electron chi connectivity index (χ1n) is 7.30. The molecule has 0 aliphatic carbocycles. The summed E-state index contributed by atoms with van der Waals surface area (Å²) in [5.74, 6) is -0.518. The molecule has 2 atom stereocenters. The van der Waals surface area contributed by atoms with Crippen molar-refractivity contribution in [3.8, 4) is 0 Å². The molecule has 1 fully saturated rings. The van der Waals surface area contributed by atoms with Crippen LogP contribution in [-0.2, 0) is 4.74 Å². The Morgan fingerprint density at radius 1 is 1.27 bits per heavy atom. The summed E-state index contributed by atoms with van der Waals surface area (Å²) >= 11 is 0. The number of rotatable bonds is 4.